The van der Waals surface area contributed by atoms with Crippen LogP contribution in [0.4, 0.5) is 26.6 Å². The highest BCUT2D eigenvalue weighted by Crippen LogP contribution is 2.59. The summed E-state index contributed by atoms with van der Waals surface area (Å²) in [7, 11) is 1.56. The van der Waals surface area contributed by atoms with Gasteiger partial charge in [-0.2, -0.15) is 4.98 Å². The predicted molar refractivity (Wildman–Crippen MR) is 153 cm³/mol. The number of carbonyl (C=O) groups excluding carboxylic acids is 2. The first-order chi connectivity index (χ1) is 19.0. The second kappa shape index (κ2) is 12.1. The number of likely N-dealkylation sites (N-methyl/N-ethyl adjacent to an activating group) is 1. The molecule has 1 aromatic heterocycles. The standard InChI is InChI=1S/C30H39FN6O3/c1-6-14-32-26-21(18-33-27(36-26)34-23-9-7-8-22(31)15-23)11-10-20-12-13-30(16-20)17-24(30)35-25(38)19-37(5)28(39)40-29(2,3)4/h7-9,15,18,20,24H,6,12-14,16-17,19H2,1-5H3,(H,35,38)(H2,32,33,34,36)/t20-,24?,30-/m1/s1. The molecule has 1 heterocycles. The molecular formula is C30H39FN6O3. The molecule has 1 unspecified atom stereocenters. The van der Waals surface area contributed by atoms with Gasteiger partial charge in [0.15, 0.2) is 0 Å². The van der Waals surface area contributed by atoms with Crippen molar-refractivity contribution in [2.45, 2.75) is 71.4 Å². The fraction of sp³-hybridized carbons (Fsp3) is 0.533. The number of benzene rings is 1. The van der Waals surface area contributed by atoms with Crippen LogP contribution in [-0.4, -0.2) is 58.6 Å². The topological polar surface area (TPSA) is 108 Å². The first-order valence-electron chi connectivity index (χ1n) is 13.8. The van der Waals surface area contributed by atoms with Gasteiger partial charge < -0.3 is 25.6 Å². The number of rotatable bonds is 8. The van der Waals surface area contributed by atoms with E-state index in [4.69, 9.17) is 4.74 Å². The maximum absolute atomic E-state index is 13.6. The molecule has 0 radical (unpaired) electrons. The summed E-state index contributed by atoms with van der Waals surface area (Å²) in [5, 5.41) is 9.45. The van der Waals surface area contributed by atoms with Gasteiger partial charge in [0.2, 0.25) is 11.9 Å². The number of hydrogen-bond donors (Lipinski definition) is 3. The maximum Gasteiger partial charge on any atom is 0.410 e. The van der Waals surface area contributed by atoms with Gasteiger partial charge in [0.05, 0.1) is 11.8 Å². The van der Waals surface area contributed by atoms with Gasteiger partial charge in [-0.05, 0) is 76.5 Å². The van der Waals surface area contributed by atoms with Crippen molar-refractivity contribution in [1.29, 1.82) is 0 Å². The molecule has 2 aliphatic rings. The summed E-state index contributed by atoms with van der Waals surface area (Å²) in [5.74, 6) is 7.39. The lowest BCUT2D eigenvalue weighted by Gasteiger charge is -2.24. The van der Waals surface area contributed by atoms with Crippen molar-refractivity contribution >= 4 is 29.5 Å². The molecule has 3 atom stereocenters. The zero-order valence-electron chi connectivity index (χ0n) is 23.9. The van der Waals surface area contributed by atoms with Crippen LogP contribution in [0.25, 0.3) is 0 Å². The van der Waals surface area contributed by atoms with Crippen molar-refractivity contribution in [3.8, 4) is 11.8 Å². The number of amides is 2. The Balaban J connectivity index is 1.33. The van der Waals surface area contributed by atoms with Crippen LogP contribution in [0.1, 0.15) is 65.4 Å². The average Bonchev–Trinajstić information content (AvgIpc) is 3.35. The molecule has 0 saturated heterocycles. The van der Waals surface area contributed by atoms with Gasteiger partial charge in [-0.25, -0.2) is 14.2 Å². The molecule has 40 heavy (non-hydrogen) atoms. The third-order valence-corrected chi connectivity index (χ3v) is 7.08. The van der Waals surface area contributed by atoms with Crippen LogP contribution in [-0.2, 0) is 9.53 Å². The minimum Gasteiger partial charge on any atom is -0.444 e. The Morgan fingerprint density at radius 2 is 2.08 bits per heavy atom. The van der Waals surface area contributed by atoms with Gasteiger partial charge in [0.25, 0.3) is 0 Å². The van der Waals surface area contributed by atoms with Crippen molar-refractivity contribution in [2.24, 2.45) is 11.3 Å². The fourth-order valence-corrected chi connectivity index (χ4v) is 4.98. The lowest BCUT2D eigenvalue weighted by atomic mass is 10.0. The molecule has 10 heteroatoms. The second-order valence-electron chi connectivity index (χ2n) is 11.8. The van der Waals surface area contributed by atoms with Crippen LogP contribution in [0.15, 0.2) is 30.5 Å². The van der Waals surface area contributed by atoms with E-state index in [1.165, 1.54) is 17.0 Å². The number of aromatic nitrogens is 2. The van der Waals surface area contributed by atoms with Crippen molar-refractivity contribution in [3.05, 3.63) is 41.8 Å². The third kappa shape index (κ3) is 7.84. The van der Waals surface area contributed by atoms with Gasteiger partial charge in [0.1, 0.15) is 23.8 Å². The Morgan fingerprint density at radius 3 is 2.80 bits per heavy atom. The number of nitrogens with one attached hydrogen (secondary N) is 3. The van der Waals surface area contributed by atoms with Crippen LogP contribution in [0.5, 0.6) is 0 Å². The van der Waals surface area contributed by atoms with E-state index in [0.717, 1.165) is 38.6 Å². The normalized spacial score (nSPS) is 21.2. The number of hydrogen-bond acceptors (Lipinski definition) is 7. The molecule has 0 aliphatic heterocycles. The number of carbonyl (C=O) groups is 2. The molecule has 2 saturated carbocycles. The molecule has 2 aromatic rings. The molecule has 1 spiro atoms. The van der Waals surface area contributed by atoms with Crippen molar-refractivity contribution in [2.75, 3.05) is 30.8 Å². The molecule has 2 fully saturated rings. The lowest BCUT2D eigenvalue weighted by Crippen LogP contribution is -2.42. The first kappa shape index (κ1) is 29.1. The minimum atomic E-state index is -0.608. The molecule has 9 nitrogen and oxygen atoms in total. The largest absolute Gasteiger partial charge is 0.444 e. The van der Waals surface area contributed by atoms with Crippen LogP contribution in [0, 0.1) is 29.0 Å². The summed E-state index contributed by atoms with van der Waals surface area (Å²) >= 11 is 0. The summed E-state index contributed by atoms with van der Waals surface area (Å²) in [6.07, 6.45) is 5.92. The summed E-state index contributed by atoms with van der Waals surface area (Å²) in [6, 6.07) is 6.26. The number of ether oxygens (including phenoxy) is 1. The zero-order valence-corrected chi connectivity index (χ0v) is 23.9. The van der Waals surface area contributed by atoms with Crippen molar-refractivity contribution < 1.29 is 18.7 Å². The fourth-order valence-electron chi connectivity index (χ4n) is 4.98. The Bertz CT molecular complexity index is 1300. The monoisotopic (exact) mass is 550 g/mol. The highest BCUT2D eigenvalue weighted by molar-refractivity contribution is 5.82. The molecule has 2 amide bonds. The Hall–Kier alpha value is -3.87. The van der Waals surface area contributed by atoms with Crippen molar-refractivity contribution in [1.82, 2.24) is 20.2 Å². The summed E-state index contributed by atoms with van der Waals surface area (Å²) in [4.78, 5) is 35.0. The van der Waals surface area contributed by atoms with Gasteiger partial charge in [-0.15, -0.1) is 0 Å². The third-order valence-electron chi connectivity index (χ3n) is 7.08. The molecule has 1 aromatic carbocycles. The van der Waals surface area contributed by atoms with E-state index in [1.54, 1.807) is 46.1 Å². The van der Waals surface area contributed by atoms with Crippen LogP contribution in [0.3, 0.4) is 0 Å². The van der Waals surface area contributed by atoms with Crippen LogP contribution >= 0.6 is 0 Å². The van der Waals surface area contributed by atoms with E-state index in [9.17, 15) is 14.0 Å². The molecule has 214 valence electrons. The van der Waals surface area contributed by atoms with Gasteiger partial charge in [-0.1, -0.05) is 24.8 Å². The summed E-state index contributed by atoms with van der Waals surface area (Å²) in [5.41, 5.74) is 0.755. The number of nitrogens with zero attached hydrogens (tertiary/aromatic N) is 3. The average molecular weight is 551 g/mol. The Labute approximate surface area is 235 Å². The summed E-state index contributed by atoms with van der Waals surface area (Å²) in [6.45, 7) is 8.16. The highest BCUT2D eigenvalue weighted by atomic mass is 19.1. The summed E-state index contributed by atoms with van der Waals surface area (Å²) < 4.78 is 18.9. The second-order valence-corrected chi connectivity index (χ2v) is 11.8. The zero-order chi connectivity index (χ0) is 28.9. The van der Waals surface area contributed by atoms with E-state index in [0.29, 0.717) is 23.0 Å². The van der Waals surface area contributed by atoms with E-state index >= 15 is 0 Å². The highest BCUT2D eigenvalue weighted by Gasteiger charge is 2.58. The van der Waals surface area contributed by atoms with Gasteiger partial charge in [-0.3, -0.25) is 4.79 Å². The van der Waals surface area contributed by atoms with E-state index in [-0.39, 0.29) is 35.6 Å². The Kier molecular flexibility index (Phi) is 8.82. The van der Waals surface area contributed by atoms with Crippen molar-refractivity contribution in [3.63, 3.8) is 0 Å². The lowest BCUT2D eigenvalue weighted by molar-refractivity contribution is -0.122. The number of halogens is 1. The molecule has 0 bridgehead atoms. The molecule has 2 aliphatic carbocycles. The van der Waals surface area contributed by atoms with Gasteiger partial charge >= 0.3 is 6.09 Å². The quantitative estimate of drug-likeness (QED) is 0.394. The predicted octanol–water partition coefficient (Wildman–Crippen LogP) is 5.07. The van der Waals surface area contributed by atoms with Crippen LogP contribution in [0.2, 0.25) is 0 Å². The number of anilines is 3. The smallest absolute Gasteiger partial charge is 0.410 e. The molecule has 4 rings (SSSR count). The van der Waals surface area contributed by atoms with E-state index in [1.807, 2.05) is 0 Å². The van der Waals surface area contributed by atoms with Gasteiger partial charge in [0, 0.05) is 31.2 Å². The van der Waals surface area contributed by atoms with E-state index < -0.39 is 11.7 Å². The Morgan fingerprint density at radius 1 is 1.27 bits per heavy atom. The molecule has 3 N–H and O–H groups in total. The van der Waals surface area contributed by atoms with E-state index in [2.05, 4.69) is 44.7 Å². The minimum absolute atomic E-state index is 0.0394. The SMILES string of the molecule is CCCNc1nc(Nc2cccc(F)c2)ncc1C#C[C@@H]1CC[C@]2(CC2NC(=O)CN(C)C(=O)OC(C)(C)C)C1. The maximum atomic E-state index is 13.6. The first-order valence-corrected chi connectivity index (χ1v) is 13.8. The van der Waals surface area contributed by atoms with Crippen LogP contribution < -0.4 is 16.0 Å². The molecular weight excluding hydrogens is 511 g/mol.